The molecule has 0 unspecified atom stereocenters. The first-order valence-electron chi connectivity index (χ1n) is 6.66. The van der Waals surface area contributed by atoms with Crippen molar-refractivity contribution in [3.63, 3.8) is 0 Å². The topological polar surface area (TPSA) is 84.2 Å². The van der Waals surface area contributed by atoms with Crippen LogP contribution in [0, 0.1) is 6.92 Å². The number of carboxylic acids is 1. The molecule has 6 nitrogen and oxygen atoms in total. The summed E-state index contributed by atoms with van der Waals surface area (Å²) in [6.45, 7) is 4.73. The van der Waals surface area contributed by atoms with E-state index in [2.05, 4.69) is 10.4 Å². The van der Waals surface area contributed by atoms with Crippen molar-refractivity contribution in [2.75, 3.05) is 0 Å². The van der Waals surface area contributed by atoms with Gasteiger partial charge in [0.1, 0.15) is 5.69 Å². The summed E-state index contributed by atoms with van der Waals surface area (Å²) in [5, 5.41) is 15.9. The normalized spacial score (nSPS) is 10.4. The number of carbonyl (C=O) groups excluding carboxylic acids is 1. The molecule has 0 atom stereocenters. The van der Waals surface area contributed by atoms with Crippen molar-refractivity contribution in [1.82, 2.24) is 15.1 Å². The zero-order valence-electron chi connectivity index (χ0n) is 12.0. The van der Waals surface area contributed by atoms with Gasteiger partial charge in [0.05, 0.1) is 11.3 Å². The SMILES string of the molecule is CCn1nc(C)cc1C(=O)NCc1ccc(C(=O)O)cc1. The predicted octanol–water partition coefficient (Wildman–Crippen LogP) is 1.84. The highest BCUT2D eigenvalue weighted by atomic mass is 16.4. The maximum Gasteiger partial charge on any atom is 0.335 e. The first kappa shape index (κ1) is 14.8. The lowest BCUT2D eigenvalue weighted by Gasteiger charge is -2.07. The van der Waals surface area contributed by atoms with Crippen LogP contribution in [0.5, 0.6) is 0 Å². The van der Waals surface area contributed by atoms with Crippen LogP contribution in [0.4, 0.5) is 0 Å². The Morgan fingerprint density at radius 3 is 2.52 bits per heavy atom. The summed E-state index contributed by atoms with van der Waals surface area (Å²) < 4.78 is 1.65. The number of aromatic carboxylic acids is 1. The Hall–Kier alpha value is -2.63. The van der Waals surface area contributed by atoms with Crippen molar-refractivity contribution in [1.29, 1.82) is 0 Å². The number of nitrogens with one attached hydrogen (secondary N) is 1. The van der Waals surface area contributed by atoms with Gasteiger partial charge >= 0.3 is 5.97 Å². The molecule has 0 bridgehead atoms. The van der Waals surface area contributed by atoms with Crippen molar-refractivity contribution in [2.24, 2.45) is 0 Å². The van der Waals surface area contributed by atoms with E-state index in [4.69, 9.17) is 5.11 Å². The van der Waals surface area contributed by atoms with Gasteiger partial charge in [0, 0.05) is 13.1 Å². The van der Waals surface area contributed by atoms with E-state index < -0.39 is 5.97 Å². The fraction of sp³-hybridized carbons (Fsp3) is 0.267. The van der Waals surface area contributed by atoms with Gasteiger partial charge in [0.2, 0.25) is 0 Å². The van der Waals surface area contributed by atoms with E-state index in [1.807, 2.05) is 13.8 Å². The fourth-order valence-electron chi connectivity index (χ4n) is 2.01. The minimum Gasteiger partial charge on any atom is -0.478 e. The molecule has 0 aliphatic heterocycles. The molecule has 1 heterocycles. The van der Waals surface area contributed by atoms with Crippen molar-refractivity contribution >= 4 is 11.9 Å². The van der Waals surface area contributed by atoms with Crippen LogP contribution in [0.3, 0.4) is 0 Å². The number of amides is 1. The highest BCUT2D eigenvalue weighted by Crippen LogP contribution is 2.06. The molecule has 1 aromatic heterocycles. The highest BCUT2D eigenvalue weighted by molar-refractivity contribution is 5.92. The van der Waals surface area contributed by atoms with E-state index in [0.717, 1.165) is 11.3 Å². The van der Waals surface area contributed by atoms with E-state index in [-0.39, 0.29) is 11.5 Å². The molecule has 2 aromatic rings. The lowest BCUT2D eigenvalue weighted by molar-refractivity contribution is 0.0696. The molecule has 110 valence electrons. The summed E-state index contributed by atoms with van der Waals surface area (Å²) in [5.41, 5.74) is 2.39. The van der Waals surface area contributed by atoms with Gasteiger partial charge in [0.15, 0.2) is 0 Å². The number of nitrogens with zero attached hydrogens (tertiary/aromatic N) is 2. The van der Waals surface area contributed by atoms with Crippen molar-refractivity contribution in [2.45, 2.75) is 26.9 Å². The van der Waals surface area contributed by atoms with Crippen LogP contribution in [0.25, 0.3) is 0 Å². The molecule has 0 aliphatic carbocycles. The lowest BCUT2D eigenvalue weighted by atomic mass is 10.1. The third-order valence-corrected chi connectivity index (χ3v) is 3.09. The molecular formula is C15H17N3O3. The summed E-state index contributed by atoms with van der Waals surface area (Å²) >= 11 is 0. The number of rotatable bonds is 5. The molecule has 0 fully saturated rings. The van der Waals surface area contributed by atoms with E-state index in [1.165, 1.54) is 12.1 Å². The summed E-state index contributed by atoms with van der Waals surface area (Å²) in [6, 6.07) is 8.15. The van der Waals surface area contributed by atoms with E-state index in [9.17, 15) is 9.59 Å². The lowest BCUT2D eigenvalue weighted by Crippen LogP contribution is -2.25. The number of benzene rings is 1. The molecule has 0 aliphatic rings. The Bertz CT molecular complexity index is 659. The van der Waals surface area contributed by atoms with Gasteiger partial charge in [-0.1, -0.05) is 12.1 Å². The van der Waals surface area contributed by atoms with Crippen LogP contribution >= 0.6 is 0 Å². The second-order valence-electron chi connectivity index (χ2n) is 4.67. The van der Waals surface area contributed by atoms with Gasteiger partial charge in [-0.3, -0.25) is 9.48 Å². The third-order valence-electron chi connectivity index (χ3n) is 3.09. The molecule has 1 aromatic carbocycles. The quantitative estimate of drug-likeness (QED) is 0.878. The molecule has 2 rings (SSSR count). The first-order valence-corrected chi connectivity index (χ1v) is 6.66. The molecule has 6 heteroatoms. The van der Waals surface area contributed by atoms with Gasteiger partial charge in [0.25, 0.3) is 5.91 Å². The largest absolute Gasteiger partial charge is 0.478 e. The number of aryl methyl sites for hydroxylation is 2. The van der Waals surface area contributed by atoms with Crippen LogP contribution in [0.2, 0.25) is 0 Å². The van der Waals surface area contributed by atoms with Crippen molar-refractivity contribution < 1.29 is 14.7 Å². The second-order valence-corrected chi connectivity index (χ2v) is 4.67. The number of carboxylic acid groups (broad SMARTS) is 1. The summed E-state index contributed by atoms with van der Waals surface area (Å²) in [5.74, 6) is -1.16. The zero-order valence-corrected chi connectivity index (χ0v) is 12.0. The minimum absolute atomic E-state index is 0.195. The molecule has 21 heavy (non-hydrogen) atoms. The van der Waals surface area contributed by atoms with Crippen molar-refractivity contribution in [3.8, 4) is 0 Å². The minimum atomic E-state index is -0.965. The molecule has 1 amide bonds. The first-order chi connectivity index (χ1) is 10.0. The molecule has 0 radical (unpaired) electrons. The summed E-state index contributed by atoms with van der Waals surface area (Å²) in [7, 11) is 0. The molecule has 0 saturated heterocycles. The van der Waals surface area contributed by atoms with Crippen LogP contribution in [0.1, 0.15) is 39.0 Å². The average molecular weight is 287 g/mol. The third kappa shape index (κ3) is 3.47. The number of hydrogen-bond acceptors (Lipinski definition) is 3. The van der Waals surface area contributed by atoms with Gasteiger partial charge in [-0.2, -0.15) is 5.10 Å². The molecule has 2 N–H and O–H groups in total. The van der Waals surface area contributed by atoms with Crippen molar-refractivity contribution in [3.05, 3.63) is 52.8 Å². The Balaban J connectivity index is 2.02. The number of aromatic nitrogens is 2. The maximum atomic E-state index is 12.1. The van der Waals surface area contributed by atoms with Crippen LogP contribution in [-0.2, 0) is 13.1 Å². The summed E-state index contributed by atoms with van der Waals surface area (Å²) in [4.78, 5) is 22.9. The zero-order chi connectivity index (χ0) is 15.4. The smallest absolute Gasteiger partial charge is 0.335 e. The van der Waals surface area contributed by atoms with Gasteiger partial charge in [-0.25, -0.2) is 4.79 Å². The fourth-order valence-corrected chi connectivity index (χ4v) is 2.01. The highest BCUT2D eigenvalue weighted by Gasteiger charge is 2.12. The Kier molecular flexibility index (Phi) is 4.37. The van der Waals surface area contributed by atoms with E-state index >= 15 is 0 Å². The van der Waals surface area contributed by atoms with Gasteiger partial charge in [-0.15, -0.1) is 0 Å². The average Bonchev–Trinajstić information content (AvgIpc) is 2.86. The predicted molar refractivity (Wildman–Crippen MR) is 77.2 cm³/mol. The van der Waals surface area contributed by atoms with Crippen LogP contribution < -0.4 is 5.32 Å². The van der Waals surface area contributed by atoms with Crippen LogP contribution in [-0.4, -0.2) is 26.8 Å². The Morgan fingerprint density at radius 1 is 1.29 bits per heavy atom. The number of hydrogen-bond donors (Lipinski definition) is 2. The maximum absolute atomic E-state index is 12.1. The van der Waals surface area contributed by atoms with Gasteiger partial charge < -0.3 is 10.4 Å². The number of carbonyl (C=O) groups is 2. The summed E-state index contributed by atoms with van der Waals surface area (Å²) in [6.07, 6.45) is 0. The van der Waals surface area contributed by atoms with E-state index in [0.29, 0.717) is 18.8 Å². The van der Waals surface area contributed by atoms with Crippen LogP contribution in [0.15, 0.2) is 30.3 Å². The monoisotopic (exact) mass is 287 g/mol. The Morgan fingerprint density at radius 2 is 1.95 bits per heavy atom. The molecule has 0 saturated carbocycles. The second kappa shape index (κ2) is 6.21. The molecular weight excluding hydrogens is 270 g/mol. The van der Waals surface area contributed by atoms with E-state index in [1.54, 1.807) is 22.9 Å². The molecule has 0 spiro atoms. The Labute approximate surface area is 122 Å². The standard InChI is InChI=1S/C15H17N3O3/c1-3-18-13(8-10(2)17-18)14(19)16-9-11-4-6-12(7-5-11)15(20)21/h4-8H,3,9H2,1-2H3,(H,16,19)(H,20,21). The van der Waals surface area contributed by atoms with Gasteiger partial charge in [-0.05, 0) is 37.6 Å².